The highest BCUT2D eigenvalue weighted by Gasteiger charge is 2.30. The lowest BCUT2D eigenvalue weighted by atomic mass is 10.2. The molecule has 0 saturated heterocycles. The van der Waals surface area contributed by atoms with Gasteiger partial charge in [-0.25, -0.2) is 9.78 Å². The Balaban J connectivity index is 2.28. The molecular weight excluding hydrogens is 289 g/mol. The number of anilines is 1. The van der Waals surface area contributed by atoms with Gasteiger partial charge in [0.2, 0.25) is 5.88 Å². The smallest absolute Gasteiger partial charge is 0.416 e. The second-order valence-electron chi connectivity index (χ2n) is 4.05. The Morgan fingerprint density at radius 3 is 2.38 bits per heavy atom. The summed E-state index contributed by atoms with van der Waals surface area (Å²) in [4.78, 5) is 14.7. The number of hydrogen-bond donors (Lipinski definition) is 2. The van der Waals surface area contributed by atoms with E-state index in [0.717, 1.165) is 30.3 Å². The molecule has 0 amide bonds. The molecule has 0 unspecified atom stereocenters. The molecule has 1 aromatic carbocycles. The van der Waals surface area contributed by atoms with Gasteiger partial charge < -0.3 is 15.6 Å². The first-order valence-corrected chi connectivity index (χ1v) is 5.61. The average molecular weight is 298 g/mol. The predicted molar refractivity (Wildman–Crippen MR) is 67.1 cm³/mol. The van der Waals surface area contributed by atoms with Crippen molar-refractivity contribution in [2.24, 2.45) is 0 Å². The summed E-state index contributed by atoms with van der Waals surface area (Å²) in [5, 5.41) is 8.99. The fourth-order valence-corrected chi connectivity index (χ4v) is 1.53. The van der Waals surface area contributed by atoms with Gasteiger partial charge in [0.1, 0.15) is 11.3 Å². The van der Waals surface area contributed by atoms with Crippen LogP contribution in [-0.4, -0.2) is 16.1 Å². The Bertz CT molecular complexity index is 669. The summed E-state index contributed by atoms with van der Waals surface area (Å²) in [6.45, 7) is 0. The molecule has 8 heteroatoms. The van der Waals surface area contributed by atoms with Crippen LogP contribution in [0, 0.1) is 0 Å². The molecule has 0 spiro atoms. The summed E-state index contributed by atoms with van der Waals surface area (Å²) >= 11 is 0. The molecule has 2 aromatic rings. The number of halogens is 3. The van der Waals surface area contributed by atoms with Crippen molar-refractivity contribution in [2.75, 3.05) is 5.73 Å². The summed E-state index contributed by atoms with van der Waals surface area (Å²) in [5.74, 6) is -1.53. The molecule has 0 aliphatic heterocycles. The van der Waals surface area contributed by atoms with Gasteiger partial charge in [0.25, 0.3) is 0 Å². The number of aromatic nitrogens is 1. The lowest BCUT2D eigenvalue weighted by Crippen LogP contribution is -2.05. The van der Waals surface area contributed by atoms with Crippen LogP contribution >= 0.6 is 0 Å². The maximum Gasteiger partial charge on any atom is 0.416 e. The highest BCUT2D eigenvalue weighted by atomic mass is 19.4. The number of carbonyl (C=O) groups is 1. The van der Waals surface area contributed by atoms with Gasteiger partial charge in [-0.15, -0.1) is 0 Å². The van der Waals surface area contributed by atoms with E-state index in [9.17, 15) is 18.0 Å². The largest absolute Gasteiger partial charge is 0.477 e. The minimum Gasteiger partial charge on any atom is -0.477 e. The van der Waals surface area contributed by atoms with Crippen LogP contribution in [-0.2, 0) is 6.18 Å². The molecule has 0 bridgehead atoms. The predicted octanol–water partition coefficient (Wildman–Crippen LogP) is 3.17. The van der Waals surface area contributed by atoms with Crippen molar-refractivity contribution in [3.63, 3.8) is 0 Å². The Labute approximate surface area is 116 Å². The van der Waals surface area contributed by atoms with Crippen LogP contribution in [0.25, 0.3) is 0 Å². The fourth-order valence-electron chi connectivity index (χ4n) is 1.53. The molecule has 3 N–H and O–H groups in total. The van der Waals surface area contributed by atoms with Crippen molar-refractivity contribution in [1.29, 1.82) is 0 Å². The zero-order chi connectivity index (χ0) is 15.6. The van der Waals surface area contributed by atoms with Crippen molar-refractivity contribution in [2.45, 2.75) is 6.18 Å². The summed E-state index contributed by atoms with van der Waals surface area (Å²) in [6, 6.07) is 4.95. The van der Waals surface area contributed by atoms with Crippen molar-refractivity contribution in [3.8, 4) is 11.6 Å². The molecule has 5 nitrogen and oxygen atoms in total. The van der Waals surface area contributed by atoms with E-state index >= 15 is 0 Å². The maximum atomic E-state index is 12.4. The fraction of sp³-hybridized carbons (Fsp3) is 0.0769. The van der Waals surface area contributed by atoms with Crippen LogP contribution in [0.2, 0.25) is 0 Å². The van der Waals surface area contributed by atoms with E-state index in [4.69, 9.17) is 15.6 Å². The highest BCUT2D eigenvalue weighted by molar-refractivity contribution is 5.91. The van der Waals surface area contributed by atoms with Crippen molar-refractivity contribution in [3.05, 3.63) is 47.7 Å². The van der Waals surface area contributed by atoms with E-state index < -0.39 is 17.7 Å². The molecule has 0 radical (unpaired) electrons. The van der Waals surface area contributed by atoms with Gasteiger partial charge in [0.05, 0.1) is 17.4 Å². The number of carboxylic acid groups (broad SMARTS) is 1. The van der Waals surface area contributed by atoms with Gasteiger partial charge in [-0.05, 0) is 30.3 Å². The quantitative estimate of drug-likeness (QED) is 0.909. The molecule has 0 fully saturated rings. The number of carboxylic acids is 1. The van der Waals surface area contributed by atoms with Gasteiger partial charge in [0, 0.05) is 0 Å². The Morgan fingerprint density at radius 1 is 1.24 bits per heavy atom. The molecule has 0 aliphatic rings. The first-order valence-electron chi connectivity index (χ1n) is 5.61. The number of benzene rings is 1. The molecular formula is C13H9F3N2O3. The van der Waals surface area contributed by atoms with Crippen LogP contribution in [0.1, 0.15) is 15.9 Å². The van der Waals surface area contributed by atoms with E-state index in [1.54, 1.807) is 0 Å². The number of ether oxygens (including phenoxy) is 1. The minimum absolute atomic E-state index is 0.0303. The monoisotopic (exact) mass is 298 g/mol. The molecule has 2 rings (SSSR count). The number of aromatic carboxylic acids is 1. The van der Waals surface area contributed by atoms with Crippen molar-refractivity contribution >= 4 is 11.7 Å². The zero-order valence-corrected chi connectivity index (χ0v) is 10.4. The van der Waals surface area contributed by atoms with Crippen LogP contribution in [0.5, 0.6) is 11.6 Å². The molecule has 21 heavy (non-hydrogen) atoms. The van der Waals surface area contributed by atoms with E-state index in [0.29, 0.717) is 0 Å². The molecule has 0 saturated carbocycles. The summed E-state index contributed by atoms with van der Waals surface area (Å²) in [6.07, 6.45) is -3.27. The number of nitrogen functional groups attached to an aromatic ring is 1. The third kappa shape index (κ3) is 3.41. The Hall–Kier alpha value is -2.77. The van der Waals surface area contributed by atoms with E-state index in [1.165, 1.54) is 6.20 Å². The molecule has 1 heterocycles. The normalized spacial score (nSPS) is 11.2. The van der Waals surface area contributed by atoms with Gasteiger partial charge in [-0.2, -0.15) is 13.2 Å². The van der Waals surface area contributed by atoms with Crippen molar-refractivity contribution in [1.82, 2.24) is 4.98 Å². The van der Waals surface area contributed by atoms with Crippen LogP contribution < -0.4 is 10.5 Å². The van der Waals surface area contributed by atoms with E-state index in [-0.39, 0.29) is 22.9 Å². The van der Waals surface area contributed by atoms with Gasteiger partial charge in [0.15, 0.2) is 0 Å². The molecule has 0 aliphatic carbocycles. The minimum atomic E-state index is -4.45. The number of hydrogen-bond acceptors (Lipinski definition) is 4. The van der Waals surface area contributed by atoms with E-state index in [2.05, 4.69) is 4.98 Å². The van der Waals surface area contributed by atoms with E-state index in [1.807, 2.05) is 0 Å². The molecule has 110 valence electrons. The van der Waals surface area contributed by atoms with Gasteiger partial charge in [-0.1, -0.05) is 0 Å². The lowest BCUT2D eigenvalue weighted by Gasteiger charge is -2.10. The zero-order valence-electron chi connectivity index (χ0n) is 10.4. The number of nitrogens with two attached hydrogens (primary N) is 1. The third-order valence-electron chi connectivity index (χ3n) is 2.50. The highest BCUT2D eigenvalue weighted by Crippen LogP contribution is 2.31. The Kier molecular flexibility index (Phi) is 3.70. The van der Waals surface area contributed by atoms with Crippen LogP contribution in [0.4, 0.5) is 18.9 Å². The van der Waals surface area contributed by atoms with Crippen molar-refractivity contribution < 1.29 is 27.8 Å². The lowest BCUT2D eigenvalue weighted by molar-refractivity contribution is -0.137. The maximum absolute atomic E-state index is 12.4. The molecule has 0 atom stereocenters. The Morgan fingerprint density at radius 2 is 1.86 bits per heavy atom. The standard InChI is InChI=1S/C13H9F3N2O3/c14-13(15,16)7-1-3-9(4-2-7)21-11-10(12(19)20)5-8(17)6-18-11/h1-6H,17H2,(H,19,20). The second kappa shape index (κ2) is 5.31. The number of nitrogens with zero attached hydrogens (tertiary/aromatic N) is 1. The van der Waals surface area contributed by atoms with Gasteiger partial charge >= 0.3 is 12.1 Å². The summed E-state index contributed by atoms with van der Waals surface area (Å²) in [7, 11) is 0. The van der Waals surface area contributed by atoms with Crippen LogP contribution in [0.3, 0.4) is 0 Å². The SMILES string of the molecule is Nc1cnc(Oc2ccc(C(F)(F)F)cc2)c(C(=O)O)c1. The first-order chi connectivity index (χ1) is 9.77. The summed E-state index contributed by atoms with van der Waals surface area (Å²) in [5.41, 5.74) is 4.43. The average Bonchev–Trinajstić information content (AvgIpc) is 2.40. The molecule has 1 aromatic heterocycles. The second-order valence-corrected chi connectivity index (χ2v) is 4.05. The summed E-state index contributed by atoms with van der Waals surface area (Å²) < 4.78 is 42.4. The topological polar surface area (TPSA) is 85.4 Å². The third-order valence-corrected chi connectivity index (χ3v) is 2.50. The number of alkyl halides is 3. The number of rotatable bonds is 3. The van der Waals surface area contributed by atoms with Crippen LogP contribution in [0.15, 0.2) is 36.5 Å². The van der Waals surface area contributed by atoms with Gasteiger partial charge in [-0.3, -0.25) is 0 Å². The first kappa shape index (κ1) is 14.6. The number of pyridine rings is 1.